The first kappa shape index (κ1) is 22.4. The largest absolute Gasteiger partial charge is 0.381 e. The van der Waals surface area contributed by atoms with Crippen molar-refractivity contribution in [3.63, 3.8) is 0 Å². The normalized spacial score (nSPS) is 21.7. The third kappa shape index (κ3) is 6.87. The van der Waals surface area contributed by atoms with Gasteiger partial charge in [-0.05, 0) is 63.7 Å². The molecule has 0 bridgehead atoms. The van der Waals surface area contributed by atoms with E-state index in [4.69, 9.17) is 21.3 Å². The summed E-state index contributed by atoms with van der Waals surface area (Å²) in [5, 5.41) is 4.38. The van der Waals surface area contributed by atoms with Crippen LogP contribution in [0.5, 0.6) is 0 Å². The van der Waals surface area contributed by atoms with Crippen LogP contribution in [0.3, 0.4) is 0 Å². The predicted octanol–water partition coefficient (Wildman–Crippen LogP) is 3.88. The van der Waals surface area contributed by atoms with Crippen LogP contribution in [-0.4, -0.2) is 68.2 Å². The van der Waals surface area contributed by atoms with Crippen molar-refractivity contribution < 1.29 is 4.74 Å². The summed E-state index contributed by atoms with van der Waals surface area (Å²) in [4.78, 5) is 9.94. The minimum Gasteiger partial charge on any atom is -0.381 e. The zero-order chi connectivity index (χ0) is 20.5. The number of benzene rings is 1. The summed E-state index contributed by atoms with van der Waals surface area (Å²) >= 11 is 6.32. The molecule has 5 nitrogen and oxygen atoms in total. The van der Waals surface area contributed by atoms with Gasteiger partial charge in [0.1, 0.15) is 0 Å². The molecule has 3 rings (SSSR count). The quantitative estimate of drug-likeness (QED) is 0.511. The highest BCUT2D eigenvalue weighted by Crippen LogP contribution is 2.23. The van der Waals surface area contributed by atoms with Crippen LogP contribution in [0.15, 0.2) is 29.3 Å². The molecule has 1 atom stereocenters. The number of halogens is 1. The topological polar surface area (TPSA) is 40.1 Å². The van der Waals surface area contributed by atoms with Crippen LogP contribution in [0, 0.1) is 11.8 Å². The second kappa shape index (κ2) is 11.8. The van der Waals surface area contributed by atoms with Crippen molar-refractivity contribution in [2.24, 2.45) is 16.8 Å². The van der Waals surface area contributed by atoms with E-state index in [9.17, 15) is 0 Å². The molecule has 0 aliphatic carbocycles. The second-order valence-corrected chi connectivity index (χ2v) is 8.67. The van der Waals surface area contributed by atoms with E-state index in [1.54, 1.807) is 0 Å². The molecule has 1 aromatic rings. The Morgan fingerprint density at radius 3 is 2.62 bits per heavy atom. The van der Waals surface area contributed by atoms with E-state index in [1.165, 1.54) is 24.8 Å². The molecule has 0 radical (unpaired) electrons. The van der Waals surface area contributed by atoms with Gasteiger partial charge in [-0.3, -0.25) is 9.89 Å². The molecular weight excluding hydrogens is 384 g/mol. The summed E-state index contributed by atoms with van der Waals surface area (Å²) < 4.78 is 5.62. The number of likely N-dealkylation sites (tertiary alicyclic amines) is 2. The number of ether oxygens (including phenoxy) is 1. The molecule has 0 saturated carbocycles. The molecule has 0 spiro atoms. The average Bonchev–Trinajstić information content (AvgIpc) is 3.21. The maximum absolute atomic E-state index is 6.32. The third-order valence-electron chi connectivity index (χ3n) is 6.04. The van der Waals surface area contributed by atoms with E-state index in [-0.39, 0.29) is 0 Å². The zero-order valence-corrected chi connectivity index (χ0v) is 18.8. The Kier molecular flexibility index (Phi) is 9.09. The summed E-state index contributed by atoms with van der Waals surface area (Å²) in [6.45, 7) is 13.1. The molecule has 29 heavy (non-hydrogen) atoms. The van der Waals surface area contributed by atoms with Crippen molar-refractivity contribution >= 4 is 17.6 Å². The van der Waals surface area contributed by atoms with Gasteiger partial charge in [0, 0.05) is 50.3 Å². The Labute approximate surface area is 181 Å². The van der Waals surface area contributed by atoms with Gasteiger partial charge in [0.05, 0.1) is 6.61 Å². The Hall–Kier alpha value is -1.30. The van der Waals surface area contributed by atoms with Crippen LogP contribution in [-0.2, 0) is 11.3 Å². The first-order chi connectivity index (χ1) is 14.2. The van der Waals surface area contributed by atoms with Gasteiger partial charge in [0.2, 0.25) is 0 Å². The first-order valence-electron chi connectivity index (χ1n) is 11.3. The third-order valence-corrected chi connectivity index (χ3v) is 6.40. The highest BCUT2D eigenvalue weighted by Gasteiger charge is 2.25. The number of piperidine rings is 1. The number of nitrogens with one attached hydrogen (secondary N) is 1. The molecule has 2 aliphatic rings. The fourth-order valence-corrected chi connectivity index (χ4v) is 4.48. The van der Waals surface area contributed by atoms with Crippen LogP contribution < -0.4 is 5.32 Å². The maximum atomic E-state index is 6.32. The fourth-order valence-electron chi connectivity index (χ4n) is 4.28. The number of hydrogen-bond acceptors (Lipinski definition) is 3. The molecule has 1 N–H and O–H groups in total. The SMILES string of the molecule is CCNC(=NCC1CCN(Cc2ccccc2Cl)CC1)N1CCC(COCC)C1. The van der Waals surface area contributed by atoms with E-state index in [0.717, 1.165) is 70.0 Å². The lowest BCUT2D eigenvalue weighted by Crippen LogP contribution is -2.41. The van der Waals surface area contributed by atoms with Gasteiger partial charge in [-0.2, -0.15) is 0 Å². The van der Waals surface area contributed by atoms with Crippen LogP contribution in [0.4, 0.5) is 0 Å². The smallest absolute Gasteiger partial charge is 0.193 e. The van der Waals surface area contributed by atoms with Crippen molar-refractivity contribution in [2.45, 2.75) is 39.7 Å². The number of nitrogens with zero attached hydrogens (tertiary/aromatic N) is 3. The van der Waals surface area contributed by atoms with Crippen molar-refractivity contribution in [3.05, 3.63) is 34.9 Å². The summed E-state index contributed by atoms with van der Waals surface area (Å²) in [6.07, 6.45) is 3.62. The number of hydrogen-bond donors (Lipinski definition) is 1. The highest BCUT2D eigenvalue weighted by molar-refractivity contribution is 6.31. The monoisotopic (exact) mass is 420 g/mol. The zero-order valence-electron chi connectivity index (χ0n) is 18.1. The standard InChI is InChI=1S/C23H37ClN4O/c1-3-25-23(28-14-11-20(16-28)18-29-4-2)26-15-19-9-12-27(13-10-19)17-21-7-5-6-8-22(21)24/h5-8,19-20H,3-4,9-18H2,1-2H3,(H,25,26). The molecule has 0 aromatic heterocycles. The Morgan fingerprint density at radius 2 is 1.90 bits per heavy atom. The minimum absolute atomic E-state index is 0.631. The van der Waals surface area contributed by atoms with E-state index in [0.29, 0.717) is 11.8 Å². The predicted molar refractivity (Wildman–Crippen MR) is 122 cm³/mol. The van der Waals surface area contributed by atoms with E-state index >= 15 is 0 Å². The second-order valence-electron chi connectivity index (χ2n) is 8.27. The summed E-state index contributed by atoms with van der Waals surface area (Å²) in [5.74, 6) is 2.39. The molecule has 2 heterocycles. The fraction of sp³-hybridized carbons (Fsp3) is 0.696. The van der Waals surface area contributed by atoms with E-state index < -0.39 is 0 Å². The van der Waals surface area contributed by atoms with Gasteiger partial charge in [-0.25, -0.2) is 0 Å². The van der Waals surface area contributed by atoms with Gasteiger partial charge < -0.3 is 15.0 Å². The van der Waals surface area contributed by atoms with Gasteiger partial charge in [-0.15, -0.1) is 0 Å². The Morgan fingerprint density at radius 1 is 1.14 bits per heavy atom. The first-order valence-corrected chi connectivity index (χ1v) is 11.6. The molecule has 1 unspecified atom stereocenters. The van der Waals surface area contributed by atoms with Crippen LogP contribution in [0.25, 0.3) is 0 Å². The lowest BCUT2D eigenvalue weighted by atomic mass is 9.96. The molecule has 0 amide bonds. The van der Waals surface area contributed by atoms with Crippen molar-refractivity contribution in [1.29, 1.82) is 0 Å². The van der Waals surface area contributed by atoms with Crippen LogP contribution >= 0.6 is 11.6 Å². The van der Waals surface area contributed by atoms with Gasteiger partial charge in [-0.1, -0.05) is 29.8 Å². The van der Waals surface area contributed by atoms with Crippen molar-refractivity contribution in [3.8, 4) is 0 Å². The molecule has 162 valence electrons. The number of guanidine groups is 1. The lowest BCUT2D eigenvalue weighted by molar-refractivity contribution is 0.114. The number of aliphatic imine (C=N–C) groups is 1. The molecular formula is C23H37ClN4O. The molecule has 6 heteroatoms. The Balaban J connectivity index is 1.45. The summed E-state index contributed by atoms with van der Waals surface area (Å²) in [5.41, 5.74) is 1.23. The van der Waals surface area contributed by atoms with Crippen molar-refractivity contribution in [2.75, 3.05) is 52.5 Å². The van der Waals surface area contributed by atoms with E-state index in [1.807, 2.05) is 12.1 Å². The molecule has 2 saturated heterocycles. The number of rotatable bonds is 8. The van der Waals surface area contributed by atoms with Gasteiger partial charge >= 0.3 is 0 Å². The van der Waals surface area contributed by atoms with Crippen molar-refractivity contribution in [1.82, 2.24) is 15.1 Å². The minimum atomic E-state index is 0.631. The molecule has 1 aromatic carbocycles. The maximum Gasteiger partial charge on any atom is 0.193 e. The summed E-state index contributed by atoms with van der Waals surface area (Å²) in [7, 11) is 0. The van der Waals surface area contributed by atoms with Crippen LogP contribution in [0.1, 0.15) is 38.7 Å². The molecule has 2 aliphatic heterocycles. The Bertz CT molecular complexity index is 646. The lowest BCUT2D eigenvalue weighted by Gasteiger charge is -2.32. The van der Waals surface area contributed by atoms with E-state index in [2.05, 4.69) is 41.1 Å². The van der Waals surface area contributed by atoms with Gasteiger partial charge in [0.15, 0.2) is 5.96 Å². The van der Waals surface area contributed by atoms with Gasteiger partial charge in [0.25, 0.3) is 0 Å². The highest BCUT2D eigenvalue weighted by atomic mass is 35.5. The average molecular weight is 421 g/mol. The molecule has 2 fully saturated rings. The summed E-state index contributed by atoms with van der Waals surface area (Å²) in [6, 6.07) is 8.19. The van der Waals surface area contributed by atoms with Crippen LogP contribution in [0.2, 0.25) is 5.02 Å².